The lowest BCUT2D eigenvalue weighted by Gasteiger charge is -2.10. The molecule has 0 aliphatic carbocycles. The normalized spacial score (nSPS) is 12.2. The molecule has 1 amide bonds. The van der Waals surface area contributed by atoms with Gasteiger partial charge in [-0.3, -0.25) is 4.79 Å². The molecular weight excluding hydrogens is 164 g/mol. The molecule has 0 heterocycles. The average molecular weight is 184 g/mol. The zero-order chi connectivity index (χ0) is 10.1. The lowest BCUT2D eigenvalue weighted by Crippen LogP contribution is -2.38. The Kier molecular flexibility index (Phi) is 7.30. The molecule has 0 aliphatic rings. The molecule has 0 saturated carbocycles. The molecule has 0 fully saturated rings. The van der Waals surface area contributed by atoms with E-state index < -0.39 is 0 Å². The second-order valence-electron chi connectivity index (χ2n) is 3.16. The van der Waals surface area contributed by atoms with Crippen molar-refractivity contribution in [2.45, 2.75) is 32.7 Å². The van der Waals surface area contributed by atoms with Crippen LogP contribution < -0.4 is 10.6 Å². The highest BCUT2D eigenvalue weighted by molar-refractivity contribution is 5.77. The first-order valence-corrected chi connectivity index (χ1v) is 4.81. The van der Waals surface area contributed by atoms with Crippen molar-refractivity contribution in [3.63, 3.8) is 0 Å². The van der Waals surface area contributed by atoms with Gasteiger partial charge in [0.1, 0.15) is 0 Å². The molecule has 13 heavy (non-hydrogen) atoms. The molecule has 3 heteroatoms. The predicted octanol–water partition coefficient (Wildman–Crippen LogP) is 1.07. The lowest BCUT2D eigenvalue weighted by atomic mass is 10.2. The molecule has 0 rings (SSSR count). The third kappa shape index (κ3) is 7.53. The Morgan fingerprint density at radius 3 is 2.85 bits per heavy atom. The molecule has 0 radical (unpaired) electrons. The summed E-state index contributed by atoms with van der Waals surface area (Å²) in [7, 11) is 0. The minimum atomic E-state index is 0.0674. The van der Waals surface area contributed by atoms with Gasteiger partial charge in [-0.25, -0.2) is 0 Å². The second-order valence-corrected chi connectivity index (χ2v) is 3.16. The van der Waals surface area contributed by atoms with Crippen molar-refractivity contribution < 1.29 is 4.79 Å². The molecule has 3 nitrogen and oxygen atoms in total. The summed E-state index contributed by atoms with van der Waals surface area (Å²) in [6.07, 6.45) is 3.72. The van der Waals surface area contributed by atoms with Crippen LogP contribution in [0, 0.1) is 0 Å². The summed E-state index contributed by atoms with van der Waals surface area (Å²) >= 11 is 0. The van der Waals surface area contributed by atoms with Crippen molar-refractivity contribution in [1.29, 1.82) is 0 Å². The fourth-order valence-electron chi connectivity index (χ4n) is 0.927. The highest BCUT2D eigenvalue weighted by atomic mass is 16.1. The molecule has 0 aromatic carbocycles. The zero-order valence-corrected chi connectivity index (χ0v) is 8.60. The number of carbonyl (C=O) groups is 1. The van der Waals surface area contributed by atoms with Gasteiger partial charge in [0, 0.05) is 12.6 Å². The predicted molar refractivity (Wildman–Crippen MR) is 55.6 cm³/mol. The van der Waals surface area contributed by atoms with E-state index in [1.165, 1.54) is 0 Å². The Labute approximate surface area is 80.6 Å². The fourth-order valence-corrected chi connectivity index (χ4v) is 0.927. The van der Waals surface area contributed by atoms with Gasteiger partial charge in [-0.1, -0.05) is 13.0 Å². The molecule has 0 bridgehead atoms. The summed E-state index contributed by atoms with van der Waals surface area (Å²) in [5.74, 6) is 0.0674. The van der Waals surface area contributed by atoms with Crippen LogP contribution >= 0.6 is 0 Å². The van der Waals surface area contributed by atoms with Crippen molar-refractivity contribution in [1.82, 2.24) is 10.6 Å². The van der Waals surface area contributed by atoms with Gasteiger partial charge in [-0.05, 0) is 19.8 Å². The van der Waals surface area contributed by atoms with E-state index in [2.05, 4.69) is 17.2 Å². The molecular formula is C10H20N2O. The third-order valence-corrected chi connectivity index (χ3v) is 1.70. The van der Waals surface area contributed by atoms with E-state index in [0.29, 0.717) is 12.6 Å². The smallest absolute Gasteiger partial charge is 0.233 e. The van der Waals surface area contributed by atoms with Crippen LogP contribution in [0.1, 0.15) is 26.7 Å². The summed E-state index contributed by atoms with van der Waals surface area (Å²) in [4.78, 5) is 11.1. The van der Waals surface area contributed by atoms with Crippen molar-refractivity contribution in [3.8, 4) is 0 Å². The van der Waals surface area contributed by atoms with Crippen molar-refractivity contribution in [3.05, 3.63) is 12.7 Å². The van der Waals surface area contributed by atoms with Gasteiger partial charge in [0.05, 0.1) is 6.54 Å². The Hall–Kier alpha value is -0.830. The Balaban J connectivity index is 3.39. The number of hydrogen-bond donors (Lipinski definition) is 2. The van der Waals surface area contributed by atoms with Gasteiger partial charge in [0.2, 0.25) is 5.91 Å². The van der Waals surface area contributed by atoms with Gasteiger partial charge >= 0.3 is 0 Å². The highest BCUT2D eigenvalue weighted by Gasteiger charge is 2.02. The van der Waals surface area contributed by atoms with Crippen LogP contribution in [0.15, 0.2) is 12.7 Å². The van der Waals surface area contributed by atoms with Gasteiger partial charge in [-0.2, -0.15) is 0 Å². The molecule has 1 unspecified atom stereocenters. The summed E-state index contributed by atoms with van der Waals surface area (Å²) in [6, 6.07) is 0.324. The van der Waals surface area contributed by atoms with E-state index in [1.807, 2.05) is 19.9 Å². The van der Waals surface area contributed by atoms with E-state index in [4.69, 9.17) is 0 Å². The van der Waals surface area contributed by atoms with E-state index in [9.17, 15) is 4.79 Å². The first-order valence-electron chi connectivity index (χ1n) is 4.81. The number of hydrogen-bond acceptors (Lipinski definition) is 2. The highest BCUT2D eigenvalue weighted by Crippen LogP contribution is 1.88. The molecule has 0 aromatic rings. The minimum Gasteiger partial charge on any atom is -0.355 e. The maximum absolute atomic E-state index is 11.1. The Morgan fingerprint density at radius 1 is 1.62 bits per heavy atom. The maximum Gasteiger partial charge on any atom is 0.233 e. The standard InChI is InChI=1S/C10H20N2O/c1-4-6-9(3)12-8-10(13)11-7-5-2/h4,9,12H,1,5-8H2,2-3H3,(H,11,13). The van der Waals surface area contributed by atoms with Crippen LogP contribution in [0.2, 0.25) is 0 Å². The summed E-state index contributed by atoms with van der Waals surface area (Å²) in [5, 5.41) is 5.91. The van der Waals surface area contributed by atoms with Gasteiger partial charge < -0.3 is 10.6 Å². The zero-order valence-electron chi connectivity index (χ0n) is 8.60. The number of amides is 1. The molecule has 1 atom stereocenters. The van der Waals surface area contributed by atoms with Crippen LogP contribution in [0.3, 0.4) is 0 Å². The fraction of sp³-hybridized carbons (Fsp3) is 0.700. The molecule has 0 aromatic heterocycles. The van der Waals surface area contributed by atoms with E-state index in [0.717, 1.165) is 19.4 Å². The quantitative estimate of drug-likeness (QED) is 0.581. The molecule has 76 valence electrons. The minimum absolute atomic E-state index is 0.0674. The van der Waals surface area contributed by atoms with Crippen LogP contribution in [0.4, 0.5) is 0 Å². The first-order chi connectivity index (χ1) is 6.20. The van der Waals surface area contributed by atoms with Crippen LogP contribution in [0.25, 0.3) is 0 Å². The first kappa shape index (κ1) is 12.2. The van der Waals surface area contributed by atoms with Gasteiger partial charge in [0.15, 0.2) is 0 Å². The largest absolute Gasteiger partial charge is 0.355 e. The maximum atomic E-state index is 11.1. The monoisotopic (exact) mass is 184 g/mol. The van der Waals surface area contributed by atoms with Crippen molar-refractivity contribution in [2.24, 2.45) is 0 Å². The Bertz CT molecular complexity index is 157. The second kappa shape index (κ2) is 7.80. The van der Waals surface area contributed by atoms with Gasteiger partial charge in [0.25, 0.3) is 0 Å². The number of carbonyl (C=O) groups excluding carboxylic acids is 1. The molecule has 0 aliphatic heterocycles. The van der Waals surface area contributed by atoms with E-state index in [1.54, 1.807) is 0 Å². The third-order valence-electron chi connectivity index (χ3n) is 1.70. The number of rotatable bonds is 7. The molecule has 2 N–H and O–H groups in total. The molecule has 0 spiro atoms. The topological polar surface area (TPSA) is 41.1 Å². The average Bonchev–Trinajstić information content (AvgIpc) is 2.12. The Morgan fingerprint density at radius 2 is 2.31 bits per heavy atom. The summed E-state index contributed by atoms with van der Waals surface area (Å²) in [6.45, 7) is 8.87. The van der Waals surface area contributed by atoms with Crippen LogP contribution in [0.5, 0.6) is 0 Å². The van der Waals surface area contributed by atoms with Gasteiger partial charge in [-0.15, -0.1) is 6.58 Å². The van der Waals surface area contributed by atoms with E-state index >= 15 is 0 Å². The summed E-state index contributed by atoms with van der Waals surface area (Å²) < 4.78 is 0. The SMILES string of the molecule is C=CCC(C)NCC(=O)NCCC. The summed E-state index contributed by atoms with van der Waals surface area (Å²) in [5.41, 5.74) is 0. The number of nitrogens with one attached hydrogen (secondary N) is 2. The van der Waals surface area contributed by atoms with Crippen LogP contribution in [-0.2, 0) is 4.79 Å². The molecule has 0 saturated heterocycles. The van der Waals surface area contributed by atoms with E-state index in [-0.39, 0.29) is 5.91 Å². The van der Waals surface area contributed by atoms with Crippen molar-refractivity contribution >= 4 is 5.91 Å². The van der Waals surface area contributed by atoms with Crippen LogP contribution in [-0.4, -0.2) is 25.0 Å². The lowest BCUT2D eigenvalue weighted by molar-refractivity contribution is -0.120. The van der Waals surface area contributed by atoms with Crippen molar-refractivity contribution in [2.75, 3.05) is 13.1 Å².